The van der Waals surface area contributed by atoms with E-state index in [-0.39, 0.29) is 12.3 Å². The lowest BCUT2D eigenvalue weighted by Gasteiger charge is -2.49. The first-order valence-corrected chi connectivity index (χ1v) is 16.2. The van der Waals surface area contributed by atoms with Gasteiger partial charge in [0.25, 0.3) is 6.71 Å². The Labute approximate surface area is 271 Å². The van der Waals surface area contributed by atoms with E-state index in [9.17, 15) is 0 Å². The average molecular weight is 589 g/mol. The van der Waals surface area contributed by atoms with Crippen LogP contribution in [0.25, 0.3) is 22.3 Å². The van der Waals surface area contributed by atoms with Gasteiger partial charge in [-0.2, -0.15) is 0 Å². The number of fused-ring (bicyclic) bond motifs is 4. The van der Waals surface area contributed by atoms with Gasteiger partial charge in [0, 0.05) is 28.4 Å². The monoisotopic (exact) mass is 588 g/mol. The van der Waals surface area contributed by atoms with Crippen molar-refractivity contribution >= 4 is 51.5 Å². The van der Waals surface area contributed by atoms with Crippen molar-refractivity contribution in [1.82, 2.24) is 0 Å². The van der Waals surface area contributed by atoms with Gasteiger partial charge in [0.1, 0.15) is 0 Å². The van der Waals surface area contributed by atoms with Crippen LogP contribution in [0.15, 0.2) is 170 Å². The summed E-state index contributed by atoms with van der Waals surface area (Å²) in [5, 5.41) is 0. The summed E-state index contributed by atoms with van der Waals surface area (Å²) in [6.07, 6.45) is 9.99. The zero-order valence-electron chi connectivity index (χ0n) is 25.8. The molecule has 2 heterocycles. The van der Waals surface area contributed by atoms with Crippen LogP contribution in [0.5, 0.6) is 0 Å². The van der Waals surface area contributed by atoms with Crippen molar-refractivity contribution in [3.05, 3.63) is 170 Å². The molecule has 0 radical (unpaired) electrons. The molecular weight excluding hydrogens is 555 g/mol. The maximum atomic E-state index is 2.60. The molecule has 3 aliphatic rings. The van der Waals surface area contributed by atoms with E-state index in [2.05, 4.69) is 187 Å². The molecule has 1 atom stereocenters. The number of allylic oxidation sites excluding steroid dienone is 2. The first-order chi connectivity index (χ1) is 22.7. The number of hydrogen-bond acceptors (Lipinski definition) is 2. The molecule has 1 aliphatic carbocycles. The minimum atomic E-state index is -0.181. The molecule has 218 valence electrons. The minimum Gasteiger partial charge on any atom is -0.333 e. The zero-order valence-corrected chi connectivity index (χ0v) is 25.8. The fourth-order valence-electron chi connectivity index (χ4n) is 7.84. The number of benzene rings is 6. The van der Waals surface area contributed by atoms with Crippen molar-refractivity contribution in [1.29, 1.82) is 0 Å². The topological polar surface area (TPSA) is 6.48 Å². The third-order valence-electron chi connectivity index (χ3n) is 9.98. The second-order valence-electron chi connectivity index (χ2n) is 12.8. The lowest BCUT2D eigenvalue weighted by molar-refractivity contribution is 0.571. The minimum absolute atomic E-state index is 0.115. The van der Waals surface area contributed by atoms with Crippen LogP contribution in [0.3, 0.4) is 0 Å². The highest BCUT2D eigenvalue weighted by Crippen LogP contribution is 2.45. The normalized spacial score (nSPS) is 17.4. The van der Waals surface area contributed by atoms with Crippen molar-refractivity contribution in [3.63, 3.8) is 0 Å². The van der Waals surface area contributed by atoms with Crippen LogP contribution in [-0.4, -0.2) is 12.3 Å². The summed E-state index contributed by atoms with van der Waals surface area (Å²) >= 11 is 0. The molecule has 0 saturated carbocycles. The fourth-order valence-corrected chi connectivity index (χ4v) is 7.84. The quantitative estimate of drug-likeness (QED) is 0.189. The number of anilines is 5. The zero-order chi connectivity index (χ0) is 30.7. The summed E-state index contributed by atoms with van der Waals surface area (Å²) in [6.45, 7) is 2.48. The Morgan fingerprint density at radius 2 is 1.15 bits per heavy atom. The van der Waals surface area contributed by atoms with Gasteiger partial charge in [-0.15, -0.1) is 0 Å². The van der Waals surface area contributed by atoms with E-state index in [0.717, 1.165) is 12.1 Å². The van der Waals surface area contributed by atoms with E-state index in [1.54, 1.807) is 0 Å². The highest BCUT2D eigenvalue weighted by Gasteiger charge is 2.46. The maximum absolute atomic E-state index is 2.60. The van der Waals surface area contributed by atoms with E-state index < -0.39 is 0 Å². The Balaban J connectivity index is 1.30. The van der Waals surface area contributed by atoms with Gasteiger partial charge in [-0.3, -0.25) is 0 Å². The van der Waals surface area contributed by atoms with Crippen LogP contribution in [0.4, 0.5) is 28.4 Å². The number of rotatable bonds is 4. The van der Waals surface area contributed by atoms with Gasteiger partial charge in [0.2, 0.25) is 0 Å². The molecule has 2 aliphatic heterocycles. The molecule has 0 aromatic heterocycles. The number of nitrogens with zero attached hydrogens (tertiary/aromatic N) is 2. The van der Waals surface area contributed by atoms with Crippen molar-refractivity contribution in [2.45, 2.75) is 18.9 Å². The molecule has 3 heteroatoms. The van der Waals surface area contributed by atoms with Crippen LogP contribution in [-0.2, 0) is 0 Å². The molecule has 6 aromatic carbocycles. The van der Waals surface area contributed by atoms with E-state index in [1.807, 2.05) is 0 Å². The lowest BCUT2D eigenvalue weighted by atomic mass is 9.33. The summed E-state index contributed by atoms with van der Waals surface area (Å²) in [5.74, 6) is 0. The molecule has 9 rings (SSSR count). The molecule has 0 spiro atoms. The molecule has 2 nitrogen and oxygen atoms in total. The molecule has 0 saturated heterocycles. The first kappa shape index (κ1) is 26.8. The standard InChI is InChI=1S/C43H33BN2/c1-43(28-11-4-12-29-43)46-39-19-10-9-18-36(39)44-37-30-34(32-16-7-3-8-17-32)24-27-38(37)45(40-20-13-21-41(46)42(40)44)35-25-22-33(23-26-35)31-14-5-2-6-15-31/h2-28,30H,29H2,1H3. The van der Waals surface area contributed by atoms with Crippen LogP contribution in [0.2, 0.25) is 0 Å². The fraction of sp³-hybridized carbons (Fsp3) is 0.0698. The van der Waals surface area contributed by atoms with E-state index in [0.29, 0.717) is 0 Å². The molecule has 6 aromatic rings. The van der Waals surface area contributed by atoms with Gasteiger partial charge < -0.3 is 9.80 Å². The summed E-state index contributed by atoms with van der Waals surface area (Å²) < 4.78 is 0. The van der Waals surface area contributed by atoms with Crippen LogP contribution < -0.4 is 26.2 Å². The maximum Gasteiger partial charge on any atom is 0.252 e. The molecule has 0 bridgehead atoms. The lowest BCUT2D eigenvalue weighted by Crippen LogP contribution is -2.64. The predicted octanol–water partition coefficient (Wildman–Crippen LogP) is 9.05. The van der Waals surface area contributed by atoms with Crippen LogP contribution in [0, 0.1) is 0 Å². The van der Waals surface area contributed by atoms with E-state index >= 15 is 0 Å². The molecular formula is C43H33BN2. The Morgan fingerprint density at radius 3 is 1.89 bits per heavy atom. The van der Waals surface area contributed by atoms with Gasteiger partial charge in [-0.05, 0) is 88.4 Å². The van der Waals surface area contributed by atoms with Crippen LogP contribution in [0.1, 0.15) is 13.3 Å². The molecule has 46 heavy (non-hydrogen) atoms. The van der Waals surface area contributed by atoms with Crippen LogP contribution >= 0.6 is 0 Å². The summed E-state index contributed by atoms with van der Waals surface area (Å²) in [6, 6.07) is 53.5. The van der Waals surface area contributed by atoms with Gasteiger partial charge in [-0.25, -0.2) is 0 Å². The average Bonchev–Trinajstić information content (AvgIpc) is 3.12. The smallest absolute Gasteiger partial charge is 0.252 e. The number of para-hydroxylation sites is 1. The first-order valence-electron chi connectivity index (χ1n) is 16.2. The van der Waals surface area contributed by atoms with Gasteiger partial charge in [0.05, 0.1) is 5.54 Å². The predicted molar refractivity (Wildman–Crippen MR) is 197 cm³/mol. The SMILES string of the molecule is CC1(N2c3ccccc3B3c4cc(-c5ccccc5)ccc4N(c4ccc(-c5ccccc5)cc4)c4cccc2c43)C=CC=CC1. The Hall–Kier alpha value is -5.54. The summed E-state index contributed by atoms with van der Waals surface area (Å²) in [5.41, 5.74) is 15.0. The number of hydrogen-bond donors (Lipinski definition) is 0. The molecule has 0 amide bonds. The third kappa shape index (κ3) is 4.12. The second kappa shape index (κ2) is 10.5. The van der Waals surface area contributed by atoms with Crippen molar-refractivity contribution in [3.8, 4) is 22.3 Å². The van der Waals surface area contributed by atoms with Gasteiger partial charge in [-0.1, -0.05) is 133 Å². The van der Waals surface area contributed by atoms with Crippen molar-refractivity contribution < 1.29 is 0 Å². The third-order valence-corrected chi connectivity index (χ3v) is 9.98. The van der Waals surface area contributed by atoms with Crippen molar-refractivity contribution in [2.75, 3.05) is 9.80 Å². The Morgan fingerprint density at radius 1 is 0.522 bits per heavy atom. The Kier molecular flexibility index (Phi) is 6.14. The van der Waals surface area contributed by atoms with E-state index in [1.165, 1.54) is 61.4 Å². The highest BCUT2D eigenvalue weighted by atomic mass is 15.2. The summed E-state index contributed by atoms with van der Waals surface area (Å²) in [4.78, 5) is 5.08. The van der Waals surface area contributed by atoms with Crippen molar-refractivity contribution in [2.24, 2.45) is 0 Å². The summed E-state index contributed by atoms with van der Waals surface area (Å²) in [7, 11) is 0. The second-order valence-corrected chi connectivity index (χ2v) is 12.8. The molecule has 0 N–H and O–H groups in total. The Bertz CT molecular complexity index is 2150. The molecule has 1 unspecified atom stereocenters. The largest absolute Gasteiger partial charge is 0.333 e. The van der Waals surface area contributed by atoms with Gasteiger partial charge >= 0.3 is 0 Å². The van der Waals surface area contributed by atoms with Gasteiger partial charge in [0.15, 0.2) is 0 Å². The van der Waals surface area contributed by atoms with E-state index in [4.69, 9.17) is 0 Å². The molecule has 0 fully saturated rings. The highest BCUT2D eigenvalue weighted by molar-refractivity contribution is 7.00.